The molecule has 0 unspecified atom stereocenters. The van der Waals surface area contributed by atoms with Gasteiger partial charge in [0.25, 0.3) is 5.92 Å². The third-order valence-electron chi connectivity index (χ3n) is 9.64. The van der Waals surface area contributed by atoms with Gasteiger partial charge in [0.15, 0.2) is 0 Å². The quantitative estimate of drug-likeness (QED) is 0.173. The van der Waals surface area contributed by atoms with E-state index in [0.717, 1.165) is 38.1 Å². The van der Waals surface area contributed by atoms with E-state index < -0.39 is 12.0 Å². The van der Waals surface area contributed by atoms with E-state index in [4.69, 9.17) is 5.73 Å². The van der Waals surface area contributed by atoms with Crippen molar-refractivity contribution in [2.75, 3.05) is 13.1 Å². The second kappa shape index (κ2) is 10.6. The molecule has 2 aromatic carbocycles. The molecule has 7 rings (SSSR count). The minimum Gasteiger partial charge on any atom is -0.341 e. The number of aromatic nitrogens is 4. The van der Waals surface area contributed by atoms with E-state index in [1.807, 2.05) is 30.9 Å². The average Bonchev–Trinajstić information content (AvgIpc) is 3.40. The summed E-state index contributed by atoms with van der Waals surface area (Å²) < 4.78 is 32.1. The Balaban J connectivity index is 1.15. The van der Waals surface area contributed by atoms with E-state index in [1.54, 1.807) is 36.7 Å². The number of carbonyl (C=O) groups is 1. The topological polar surface area (TPSA) is 116 Å². The normalized spacial score (nSPS) is 19.9. The van der Waals surface area contributed by atoms with Crippen LogP contribution in [0, 0.1) is 11.3 Å². The monoisotopic (exact) mass is 599 g/mol. The van der Waals surface area contributed by atoms with Crippen LogP contribution in [0.25, 0.3) is 33.6 Å². The Kier molecular flexibility index (Phi) is 6.97. The van der Waals surface area contributed by atoms with E-state index in [-0.39, 0.29) is 34.4 Å². The number of nitrogens with two attached hydrogens (primary N) is 1. The predicted octanol–water partition coefficient (Wildman–Crippen LogP) is 6.12. The van der Waals surface area contributed by atoms with E-state index in [0.29, 0.717) is 52.6 Å². The molecule has 1 saturated heterocycles. The molecule has 3 aliphatic rings. The molecule has 230 valence electrons. The summed E-state index contributed by atoms with van der Waals surface area (Å²) in [5.74, 6) is -1.74. The molecule has 2 atom stereocenters. The standard InChI is InChI=1S/C34H39F2N7O/c1-4-11-38-17-29-39-15-26(41-29)20-5-7-22-23-8-6-21(13-25(23)34(35,36)24(22)12-20)27-16-40-31(42-27)28-14-33(9-10-33)18-43(28)32(44)30(37)19(2)3/h5-8,12-13,15-16,19,28,30,38H,4,9-11,14,17-18,37H2,1-3H3,(H,39,41)(H,40,42)/t28-,30-/m0/s1. The Morgan fingerprint density at radius 2 is 1.68 bits per heavy atom. The summed E-state index contributed by atoms with van der Waals surface area (Å²) >= 11 is 0. The maximum atomic E-state index is 16.0. The largest absolute Gasteiger partial charge is 0.341 e. The van der Waals surface area contributed by atoms with Crippen LogP contribution in [0.2, 0.25) is 0 Å². The van der Waals surface area contributed by atoms with Crippen molar-refractivity contribution in [1.29, 1.82) is 0 Å². The first-order valence-electron chi connectivity index (χ1n) is 15.6. The summed E-state index contributed by atoms with van der Waals surface area (Å²) in [4.78, 5) is 30.9. The number of benzene rings is 2. The number of amides is 1. The first-order valence-corrected chi connectivity index (χ1v) is 15.6. The van der Waals surface area contributed by atoms with Gasteiger partial charge in [-0.25, -0.2) is 9.97 Å². The number of carbonyl (C=O) groups excluding carboxylic acids is 1. The number of hydrogen-bond acceptors (Lipinski definition) is 5. The zero-order valence-corrected chi connectivity index (χ0v) is 25.4. The average molecular weight is 600 g/mol. The molecule has 10 heteroatoms. The molecule has 2 aromatic heterocycles. The third-order valence-corrected chi connectivity index (χ3v) is 9.64. The molecule has 44 heavy (non-hydrogen) atoms. The predicted molar refractivity (Wildman–Crippen MR) is 166 cm³/mol. The van der Waals surface area contributed by atoms with Crippen LogP contribution in [-0.2, 0) is 17.3 Å². The lowest BCUT2D eigenvalue weighted by molar-refractivity contribution is -0.134. The fraction of sp³-hybridized carbons (Fsp3) is 0.441. The fourth-order valence-electron chi connectivity index (χ4n) is 6.74. The van der Waals surface area contributed by atoms with Crippen molar-refractivity contribution < 1.29 is 13.6 Å². The zero-order valence-electron chi connectivity index (χ0n) is 25.4. The number of alkyl halides is 2. The van der Waals surface area contributed by atoms with Crippen molar-refractivity contribution in [2.24, 2.45) is 17.1 Å². The summed E-state index contributed by atoms with van der Waals surface area (Å²) in [6.45, 7) is 8.17. The number of hydrogen-bond donors (Lipinski definition) is 4. The fourth-order valence-corrected chi connectivity index (χ4v) is 6.74. The summed E-state index contributed by atoms with van der Waals surface area (Å²) in [5, 5.41) is 3.30. The van der Waals surface area contributed by atoms with E-state index in [9.17, 15) is 4.79 Å². The van der Waals surface area contributed by atoms with Gasteiger partial charge in [-0.05, 0) is 66.8 Å². The molecular weight excluding hydrogens is 560 g/mol. The molecular formula is C34H39F2N7O. The highest BCUT2D eigenvalue weighted by molar-refractivity contribution is 5.84. The number of imidazole rings is 2. The van der Waals surface area contributed by atoms with Crippen LogP contribution in [-0.4, -0.2) is 49.9 Å². The molecule has 1 amide bonds. The van der Waals surface area contributed by atoms with Crippen molar-refractivity contribution >= 4 is 5.91 Å². The molecule has 2 fully saturated rings. The minimum absolute atomic E-state index is 0.0101. The lowest BCUT2D eigenvalue weighted by Gasteiger charge is -2.27. The molecule has 2 aliphatic carbocycles. The number of aromatic amines is 2. The molecule has 5 N–H and O–H groups in total. The Bertz CT molecular complexity index is 1720. The molecule has 1 spiro atoms. The third kappa shape index (κ3) is 4.84. The number of likely N-dealkylation sites (tertiary alicyclic amines) is 1. The van der Waals surface area contributed by atoms with Gasteiger partial charge in [-0.3, -0.25) is 4.79 Å². The Labute approximate surface area is 255 Å². The Hall–Kier alpha value is -3.89. The van der Waals surface area contributed by atoms with Crippen molar-refractivity contribution in [3.8, 4) is 33.6 Å². The molecule has 1 aliphatic heterocycles. The van der Waals surface area contributed by atoms with E-state index >= 15 is 8.78 Å². The molecule has 0 bridgehead atoms. The van der Waals surface area contributed by atoms with Gasteiger partial charge in [0.05, 0.1) is 42.4 Å². The minimum atomic E-state index is -3.16. The molecule has 0 radical (unpaired) electrons. The van der Waals surface area contributed by atoms with Gasteiger partial charge in [0.1, 0.15) is 11.6 Å². The highest BCUT2D eigenvalue weighted by Crippen LogP contribution is 2.58. The van der Waals surface area contributed by atoms with Crippen molar-refractivity contribution in [3.63, 3.8) is 0 Å². The van der Waals surface area contributed by atoms with Crippen LogP contribution < -0.4 is 11.1 Å². The number of H-pyrrole nitrogens is 2. The van der Waals surface area contributed by atoms with Crippen molar-refractivity contribution in [1.82, 2.24) is 30.2 Å². The van der Waals surface area contributed by atoms with Crippen LogP contribution in [0.1, 0.15) is 75.3 Å². The lowest BCUT2D eigenvalue weighted by Crippen LogP contribution is -2.46. The second-order valence-electron chi connectivity index (χ2n) is 13.2. The number of nitrogens with zero attached hydrogens (tertiary/aromatic N) is 3. The number of rotatable bonds is 9. The van der Waals surface area contributed by atoms with Gasteiger partial charge in [-0.1, -0.05) is 45.0 Å². The van der Waals surface area contributed by atoms with Crippen LogP contribution in [0.3, 0.4) is 0 Å². The van der Waals surface area contributed by atoms with Crippen LogP contribution in [0.15, 0.2) is 48.8 Å². The van der Waals surface area contributed by atoms with Crippen LogP contribution in [0.5, 0.6) is 0 Å². The lowest BCUT2D eigenvalue weighted by atomic mass is 10.0. The van der Waals surface area contributed by atoms with Gasteiger partial charge >= 0.3 is 0 Å². The summed E-state index contributed by atoms with van der Waals surface area (Å²) in [6, 6.07) is 9.62. The van der Waals surface area contributed by atoms with E-state index in [2.05, 4.69) is 32.2 Å². The second-order valence-corrected chi connectivity index (χ2v) is 13.2. The Morgan fingerprint density at radius 1 is 1.05 bits per heavy atom. The number of halogens is 2. The van der Waals surface area contributed by atoms with Gasteiger partial charge in [0.2, 0.25) is 5.91 Å². The van der Waals surface area contributed by atoms with Gasteiger partial charge < -0.3 is 25.9 Å². The number of nitrogens with one attached hydrogen (secondary N) is 3. The van der Waals surface area contributed by atoms with Crippen LogP contribution in [0.4, 0.5) is 8.78 Å². The number of fused-ring (bicyclic) bond motifs is 3. The SMILES string of the molecule is CCCNCc1ncc(-c2ccc3c(c2)C(F)(F)c2cc(-c4cnc([C@@H]5CC6(CC6)CN5C(=O)[C@@H](N)C(C)C)[nH]4)ccc2-3)[nH]1. The van der Waals surface area contributed by atoms with Gasteiger partial charge in [0, 0.05) is 28.8 Å². The van der Waals surface area contributed by atoms with Crippen molar-refractivity contribution in [2.45, 2.75) is 71.0 Å². The maximum Gasteiger partial charge on any atom is 0.299 e. The molecule has 4 aromatic rings. The van der Waals surface area contributed by atoms with Crippen molar-refractivity contribution in [3.05, 3.63) is 71.6 Å². The maximum absolute atomic E-state index is 16.0. The first kappa shape index (κ1) is 28.9. The smallest absolute Gasteiger partial charge is 0.299 e. The molecule has 8 nitrogen and oxygen atoms in total. The summed E-state index contributed by atoms with van der Waals surface area (Å²) in [5.41, 5.74) is 10.1. The molecule has 1 saturated carbocycles. The first-order chi connectivity index (χ1) is 21.1. The highest BCUT2D eigenvalue weighted by atomic mass is 19.3. The molecule has 3 heterocycles. The van der Waals surface area contributed by atoms with E-state index in [1.165, 1.54) is 0 Å². The van der Waals surface area contributed by atoms with Gasteiger partial charge in [-0.15, -0.1) is 0 Å². The highest BCUT2D eigenvalue weighted by Gasteiger charge is 2.55. The van der Waals surface area contributed by atoms with Gasteiger partial charge in [-0.2, -0.15) is 8.78 Å². The summed E-state index contributed by atoms with van der Waals surface area (Å²) in [7, 11) is 0. The zero-order chi connectivity index (χ0) is 30.8. The summed E-state index contributed by atoms with van der Waals surface area (Å²) in [6.07, 6.45) is 7.42. The van der Waals surface area contributed by atoms with Crippen LogP contribution >= 0.6 is 0 Å². The Morgan fingerprint density at radius 3 is 2.30 bits per heavy atom.